The second-order valence-electron chi connectivity index (χ2n) is 6.53. The van der Waals surface area contributed by atoms with Crippen molar-refractivity contribution in [2.24, 2.45) is 0 Å². The molecule has 1 atom stereocenters. The zero-order valence-corrected chi connectivity index (χ0v) is 14.4. The van der Waals surface area contributed by atoms with E-state index >= 15 is 0 Å². The minimum Gasteiger partial charge on any atom is -0.465 e. The predicted molar refractivity (Wildman–Crippen MR) is 92.5 cm³/mol. The number of rotatable bonds is 5. The summed E-state index contributed by atoms with van der Waals surface area (Å²) in [6, 6.07) is 6.32. The number of likely N-dealkylation sites (tertiary alicyclic amines) is 1. The van der Waals surface area contributed by atoms with Crippen LogP contribution in [0.25, 0.3) is 11.0 Å². The maximum Gasteiger partial charge on any atom is 0.407 e. The van der Waals surface area contributed by atoms with Crippen LogP contribution >= 0.6 is 0 Å². The van der Waals surface area contributed by atoms with Crippen molar-refractivity contribution >= 4 is 17.1 Å². The maximum absolute atomic E-state index is 11.3. The van der Waals surface area contributed by atoms with Crippen LogP contribution in [-0.4, -0.2) is 52.5 Å². The van der Waals surface area contributed by atoms with Gasteiger partial charge in [0.15, 0.2) is 0 Å². The van der Waals surface area contributed by atoms with Gasteiger partial charge in [0.1, 0.15) is 5.82 Å². The van der Waals surface area contributed by atoms with Crippen LogP contribution < -0.4 is 0 Å². The first kappa shape index (κ1) is 16.8. The van der Waals surface area contributed by atoms with Crippen molar-refractivity contribution in [1.82, 2.24) is 14.5 Å². The molecule has 130 valence electrons. The lowest BCUT2D eigenvalue weighted by atomic mass is 9.97. The third-order valence-electron chi connectivity index (χ3n) is 4.72. The predicted octanol–water partition coefficient (Wildman–Crippen LogP) is 3.24. The van der Waals surface area contributed by atoms with E-state index in [-0.39, 0.29) is 5.92 Å². The fourth-order valence-electron chi connectivity index (χ4n) is 3.53. The van der Waals surface area contributed by atoms with E-state index in [1.165, 1.54) is 10.5 Å². The maximum atomic E-state index is 11.3. The number of benzene rings is 1. The van der Waals surface area contributed by atoms with Crippen LogP contribution in [-0.2, 0) is 11.3 Å². The molecule has 1 N–H and O–H groups in total. The van der Waals surface area contributed by atoms with Gasteiger partial charge in [0.25, 0.3) is 0 Å². The van der Waals surface area contributed by atoms with Crippen LogP contribution in [0.15, 0.2) is 18.2 Å². The second-order valence-corrected chi connectivity index (χ2v) is 6.53. The molecule has 6 nitrogen and oxygen atoms in total. The topological polar surface area (TPSA) is 67.6 Å². The van der Waals surface area contributed by atoms with E-state index in [4.69, 9.17) is 9.72 Å². The first-order valence-electron chi connectivity index (χ1n) is 8.53. The molecule has 0 saturated carbocycles. The quantitative estimate of drug-likeness (QED) is 0.854. The number of carbonyl (C=O) groups is 1. The smallest absolute Gasteiger partial charge is 0.407 e. The molecule has 1 aliphatic rings. The highest BCUT2D eigenvalue weighted by atomic mass is 16.5. The summed E-state index contributed by atoms with van der Waals surface area (Å²) in [4.78, 5) is 17.7. The number of ether oxygens (including phenoxy) is 1. The zero-order valence-electron chi connectivity index (χ0n) is 14.4. The number of aryl methyl sites for hydroxylation is 2. The molecule has 24 heavy (non-hydrogen) atoms. The standard InChI is InChI=1S/C18H25N3O3/c1-13-6-7-16-15(11-13)19-17(21(16)9-4-10-24-2)14-5-3-8-20(12-14)18(22)23/h6-7,11,14H,3-5,8-10,12H2,1-2H3,(H,22,23). The van der Waals surface area contributed by atoms with Crippen molar-refractivity contribution in [2.45, 2.75) is 38.6 Å². The van der Waals surface area contributed by atoms with Gasteiger partial charge in [0.05, 0.1) is 11.0 Å². The van der Waals surface area contributed by atoms with Gasteiger partial charge in [-0.05, 0) is 43.9 Å². The SMILES string of the molecule is COCCCn1c(C2CCCN(C(=O)O)C2)nc2cc(C)ccc21. The van der Waals surface area contributed by atoms with Gasteiger partial charge in [-0.15, -0.1) is 0 Å². The zero-order chi connectivity index (χ0) is 17.1. The number of hydrogen-bond donors (Lipinski definition) is 1. The van der Waals surface area contributed by atoms with Gasteiger partial charge in [-0.2, -0.15) is 0 Å². The highest BCUT2D eigenvalue weighted by Gasteiger charge is 2.28. The Morgan fingerprint density at radius 3 is 3.04 bits per heavy atom. The van der Waals surface area contributed by atoms with E-state index in [1.807, 2.05) is 0 Å². The minimum atomic E-state index is -0.836. The number of fused-ring (bicyclic) bond motifs is 1. The largest absolute Gasteiger partial charge is 0.465 e. The lowest BCUT2D eigenvalue weighted by Crippen LogP contribution is -2.38. The van der Waals surface area contributed by atoms with Gasteiger partial charge in [-0.25, -0.2) is 9.78 Å². The Morgan fingerprint density at radius 1 is 1.46 bits per heavy atom. The number of nitrogens with zero attached hydrogens (tertiary/aromatic N) is 3. The molecule has 1 aromatic heterocycles. The highest BCUT2D eigenvalue weighted by molar-refractivity contribution is 5.77. The lowest BCUT2D eigenvalue weighted by Gasteiger charge is -2.30. The summed E-state index contributed by atoms with van der Waals surface area (Å²) in [5.74, 6) is 1.17. The Morgan fingerprint density at radius 2 is 2.29 bits per heavy atom. The lowest BCUT2D eigenvalue weighted by molar-refractivity contribution is 0.129. The van der Waals surface area contributed by atoms with Gasteiger partial charge in [0.2, 0.25) is 0 Å². The molecule has 0 radical (unpaired) electrons. The van der Waals surface area contributed by atoms with Crippen LogP contribution in [0.2, 0.25) is 0 Å². The van der Waals surface area contributed by atoms with Crippen LogP contribution in [0.4, 0.5) is 4.79 Å². The van der Waals surface area contributed by atoms with Crippen molar-refractivity contribution in [1.29, 1.82) is 0 Å². The number of hydrogen-bond acceptors (Lipinski definition) is 3. The molecule has 0 aliphatic carbocycles. The van der Waals surface area contributed by atoms with Gasteiger partial charge in [0, 0.05) is 39.3 Å². The van der Waals surface area contributed by atoms with Crippen LogP contribution in [0.5, 0.6) is 0 Å². The number of piperidine rings is 1. The molecule has 1 amide bonds. The summed E-state index contributed by atoms with van der Waals surface area (Å²) in [5.41, 5.74) is 3.31. The number of aromatic nitrogens is 2. The first-order valence-corrected chi connectivity index (χ1v) is 8.53. The molecule has 1 aliphatic heterocycles. The third kappa shape index (κ3) is 3.38. The summed E-state index contributed by atoms with van der Waals surface area (Å²) < 4.78 is 7.44. The van der Waals surface area contributed by atoms with E-state index in [0.717, 1.165) is 42.7 Å². The number of imidazole rings is 1. The first-order chi connectivity index (χ1) is 11.6. The molecule has 1 fully saturated rings. The van der Waals surface area contributed by atoms with Gasteiger partial charge < -0.3 is 19.3 Å². The molecular formula is C18H25N3O3. The van der Waals surface area contributed by atoms with Crippen molar-refractivity contribution in [3.8, 4) is 0 Å². The molecular weight excluding hydrogens is 306 g/mol. The molecule has 2 heterocycles. The average Bonchev–Trinajstić information content (AvgIpc) is 2.93. The van der Waals surface area contributed by atoms with Crippen molar-refractivity contribution < 1.29 is 14.6 Å². The van der Waals surface area contributed by atoms with Crippen molar-refractivity contribution in [2.75, 3.05) is 26.8 Å². The molecule has 0 bridgehead atoms. The molecule has 0 spiro atoms. The van der Waals surface area contributed by atoms with Crippen LogP contribution in [0, 0.1) is 6.92 Å². The van der Waals surface area contributed by atoms with Crippen molar-refractivity contribution in [3.63, 3.8) is 0 Å². The van der Waals surface area contributed by atoms with Gasteiger partial charge >= 0.3 is 6.09 Å². The number of carboxylic acid groups (broad SMARTS) is 1. The van der Waals surface area contributed by atoms with Crippen LogP contribution in [0.3, 0.4) is 0 Å². The third-order valence-corrected chi connectivity index (χ3v) is 4.72. The molecule has 1 aromatic carbocycles. The summed E-state index contributed by atoms with van der Waals surface area (Å²) in [7, 11) is 1.71. The summed E-state index contributed by atoms with van der Waals surface area (Å²) in [6.45, 7) is 4.76. The monoisotopic (exact) mass is 331 g/mol. The molecule has 3 rings (SSSR count). The Labute approximate surface area is 142 Å². The summed E-state index contributed by atoms with van der Waals surface area (Å²) in [5, 5.41) is 9.30. The molecule has 6 heteroatoms. The van der Waals surface area contributed by atoms with Crippen LogP contribution in [0.1, 0.15) is 36.6 Å². The average molecular weight is 331 g/mol. The van der Waals surface area contributed by atoms with Gasteiger partial charge in [-0.1, -0.05) is 6.07 Å². The normalized spacial score (nSPS) is 18.2. The summed E-state index contributed by atoms with van der Waals surface area (Å²) >= 11 is 0. The van der Waals surface area contributed by atoms with Gasteiger partial charge in [-0.3, -0.25) is 0 Å². The van der Waals surface area contributed by atoms with E-state index in [0.29, 0.717) is 19.7 Å². The molecule has 2 aromatic rings. The van der Waals surface area contributed by atoms with E-state index in [2.05, 4.69) is 29.7 Å². The molecule has 1 saturated heterocycles. The molecule has 1 unspecified atom stereocenters. The Bertz CT molecular complexity index is 726. The number of amides is 1. The van der Waals surface area contributed by atoms with E-state index < -0.39 is 6.09 Å². The Hall–Kier alpha value is -2.08. The Balaban J connectivity index is 1.95. The second kappa shape index (κ2) is 7.21. The highest BCUT2D eigenvalue weighted by Crippen LogP contribution is 2.30. The fourth-order valence-corrected chi connectivity index (χ4v) is 3.53. The Kier molecular flexibility index (Phi) is 5.04. The summed E-state index contributed by atoms with van der Waals surface area (Å²) in [6.07, 6.45) is 1.95. The van der Waals surface area contributed by atoms with E-state index in [1.54, 1.807) is 7.11 Å². The number of methoxy groups -OCH3 is 1. The fraction of sp³-hybridized carbons (Fsp3) is 0.556. The minimum absolute atomic E-state index is 0.158. The van der Waals surface area contributed by atoms with E-state index in [9.17, 15) is 9.90 Å². The van der Waals surface area contributed by atoms with Crippen molar-refractivity contribution in [3.05, 3.63) is 29.6 Å².